The number of rotatable bonds is 7. The molecule has 0 bridgehead atoms. The molecule has 3 aromatic rings. The Bertz CT molecular complexity index is 1230. The highest BCUT2D eigenvalue weighted by atomic mass is 19.3. The maximum atomic E-state index is 13.2. The van der Waals surface area contributed by atoms with E-state index in [1.807, 2.05) is 41.8 Å². The molecule has 1 aliphatic heterocycles. The van der Waals surface area contributed by atoms with Crippen molar-refractivity contribution in [1.82, 2.24) is 14.5 Å². The average Bonchev–Trinajstić information content (AvgIpc) is 3.33. The van der Waals surface area contributed by atoms with E-state index in [1.165, 1.54) is 12.1 Å². The Labute approximate surface area is 190 Å². The van der Waals surface area contributed by atoms with E-state index in [9.17, 15) is 13.6 Å². The van der Waals surface area contributed by atoms with Gasteiger partial charge in [0.2, 0.25) is 0 Å². The first kappa shape index (κ1) is 22.9. The van der Waals surface area contributed by atoms with E-state index in [-0.39, 0.29) is 18.4 Å². The molecule has 0 fully saturated rings. The minimum Gasteiger partial charge on any atom is -0.434 e. The molecule has 0 spiro atoms. The van der Waals surface area contributed by atoms with Crippen LogP contribution in [0, 0.1) is 11.8 Å². The first-order chi connectivity index (χ1) is 15.9. The van der Waals surface area contributed by atoms with Crippen molar-refractivity contribution in [2.75, 3.05) is 20.7 Å². The van der Waals surface area contributed by atoms with Crippen LogP contribution in [0.25, 0.3) is 11.0 Å². The minimum atomic E-state index is -3.00. The van der Waals surface area contributed by atoms with Gasteiger partial charge in [0.25, 0.3) is 0 Å². The van der Waals surface area contributed by atoms with Crippen LogP contribution in [0.4, 0.5) is 8.78 Å². The van der Waals surface area contributed by atoms with Gasteiger partial charge >= 0.3 is 6.61 Å². The van der Waals surface area contributed by atoms with Crippen LogP contribution >= 0.6 is 0 Å². The van der Waals surface area contributed by atoms with E-state index in [1.54, 1.807) is 6.07 Å². The molecule has 33 heavy (non-hydrogen) atoms. The summed E-state index contributed by atoms with van der Waals surface area (Å²) in [6.07, 6.45) is 2.43. The molecule has 0 aliphatic carbocycles. The molecule has 0 amide bonds. The summed E-state index contributed by atoms with van der Waals surface area (Å²) in [5, 5.41) is 8.94. The van der Waals surface area contributed by atoms with E-state index in [0.717, 1.165) is 22.4 Å². The zero-order valence-corrected chi connectivity index (χ0v) is 18.5. The Hall–Kier alpha value is -3.28. The van der Waals surface area contributed by atoms with Crippen LogP contribution in [0.5, 0.6) is 5.75 Å². The molecule has 1 aliphatic rings. The second-order valence-corrected chi connectivity index (χ2v) is 8.16. The van der Waals surface area contributed by atoms with Gasteiger partial charge in [-0.25, -0.2) is 4.98 Å². The van der Waals surface area contributed by atoms with Crippen molar-refractivity contribution < 1.29 is 23.4 Å². The molecule has 1 aromatic heterocycles. The molecule has 2 unspecified atom stereocenters. The van der Waals surface area contributed by atoms with Crippen LogP contribution in [0.2, 0.25) is 0 Å². The lowest BCUT2D eigenvalue weighted by molar-refractivity contribution is -0.0507. The molecule has 0 saturated heterocycles. The van der Waals surface area contributed by atoms with Crippen LogP contribution in [0.1, 0.15) is 58.7 Å². The minimum absolute atomic E-state index is 0.00763. The number of aldehydes is 1. The summed E-state index contributed by atoms with van der Waals surface area (Å²) in [7, 11) is 3.88. The topological polar surface area (TPSA) is 67.6 Å². The van der Waals surface area contributed by atoms with Gasteiger partial charge in [0.1, 0.15) is 11.6 Å². The maximum Gasteiger partial charge on any atom is 0.387 e. The van der Waals surface area contributed by atoms with Crippen LogP contribution in [-0.2, 0) is 0 Å². The van der Waals surface area contributed by atoms with E-state index < -0.39 is 12.7 Å². The second-order valence-electron chi connectivity index (χ2n) is 8.16. The summed E-state index contributed by atoms with van der Waals surface area (Å²) in [6, 6.07) is 9.85. The fourth-order valence-electron chi connectivity index (χ4n) is 4.41. The first-order valence-corrected chi connectivity index (χ1v) is 10.8. The van der Waals surface area contributed by atoms with Gasteiger partial charge in [-0.2, -0.15) is 8.78 Å². The number of ether oxygens (including phenoxy) is 1. The number of alkyl halides is 2. The Balaban J connectivity index is 1.89. The molecule has 2 aromatic carbocycles. The first-order valence-electron chi connectivity index (χ1n) is 10.8. The van der Waals surface area contributed by atoms with Crippen molar-refractivity contribution in [3.63, 3.8) is 0 Å². The number of hydrogen-bond donors (Lipinski definition) is 1. The molecule has 6 nitrogen and oxygen atoms in total. The molecule has 2 heterocycles. The van der Waals surface area contributed by atoms with Crippen LogP contribution in [0.15, 0.2) is 36.4 Å². The number of aliphatic hydroxyl groups is 1. The highest BCUT2D eigenvalue weighted by Crippen LogP contribution is 2.46. The summed E-state index contributed by atoms with van der Waals surface area (Å²) in [6.45, 7) is -2.91. The van der Waals surface area contributed by atoms with Gasteiger partial charge in [0.15, 0.2) is 6.29 Å². The number of aromatic nitrogens is 2. The third-order valence-corrected chi connectivity index (χ3v) is 5.87. The summed E-state index contributed by atoms with van der Waals surface area (Å²) < 4.78 is 33.2. The molecule has 0 radical (unpaired) electrons. The zero-order chi connectivity index (χ0) is 23.5. The van der Waals surface area contributed by atoms with Crippen molar-refractivity contribution in [3.8, 4) is 17.6 Å². The largest absolute Gasteiger partial charge is 0.434 e. The lowest BCUT2D eigenvalue weighted by atomic mass is 9.96. The third-order valence-electron chi connectivity index (χ3n) is 5.87. The van der Waals surface area contributed by atoms with Crippen molar-refractivity contribution in [3.05, 3.63) is 58.9 Å². The summed E-state index contributed by atoms with van der Waals surface area (Å²) in [5.74, 6) is 6.95. The lowest BCUT2D eigenvalue weighted by Crippen LogP contribution is -2.18. The van der Waals surface area contributed by atoms with Crippen molar-refractivity contribution in [2.24, 2.45) is 0 Å². The number of nitrogens with zero attached hydrogens (tertiary/aromatic N) is 3. The Morgan fingerprint density at radius 2 is 2.15 bits per heavy atom. The number of hydrogen-bond acceptors (Lipinski definition) is 5. The number of benzene rings is 2. The summed E-state index contributed by atoms with van der Waals surface area (Å²) >= 11 is 0. The molecule has 0 saturated carbocycles. The van der Waals surface area contributed by atoms with Gasteiger partial charge in [0, 0.05) is 29.7 Å². The van der Waals surface area contributed by atoms with Gasteiger partial charge in [-0.15, -0.1) is 0 Å². The monoisotopic (exact) mass is 453 g/mol. The number of halogens is 2. The number of aliphatic hydroxyl groups excluding tert-OH is 1. The van der Waals surface area contributed by atoms with Gasteiger partial charge in [-0.05, 0) is 51.2 Å². The van der Waals surface area contributed by atoms with Gasteiger partial charge in [0.05, 0.1) is 23.1 Å². The normalized spacial score (nSPS) is 17.3. The van der Waals surface area contributed by atoms with E-state index in [0.29, 0.717) is 36.7 Å². The summed E-state index contributed by atoms with van der Waals surface area (Å²) in [5.41, 5.74) is 3.12. The highest BCUT2D eigenvalue weighted by molar-refractivity contribution is 5.82. The van der Waals surface area contributed by atoms with Crippen LogP contribution in [-0.4, -0.2) is 53.2 Å². The molecule has 2 atom stereocenters. The predicted molar refractivity (Wildman–Crippen MR) is 121 cm³/mol. The Kier molecular flexibility index (Phi) is 6.72. The van der Waals surface area contributed by atoms with Crippen molar-refractivity contribution >= 4 is 17.3 Å². The maximum absolute atomic E-state index is 13.2. The molecule has 1 N–H and O–H groups in total. The van der Waals surface area contributed by atoms with Crippen molar-refractivity contribution in [1.29, 1.82) is 0 Å². The molecule has 4 rings (SSSR count). The number of carbonyl (C=O) groups excluding carboxylic acids is 1. The number of imidazole rings is 1. The van der Waals surface area contributed by atoms with Crippen LogP contribution in [0.3, 0.4) is 0 Å². The molecular weight excluding hydrogens is 428 g/mol. The van der Waals surface area contributed by atoms with Gasteiger partial charge < -0.3 is 14.4 Å². The fraction of sp³-hybridized carbons (Fsp3) is 0.360. The van der Waals surface area contributed by atoms with Gasteiger partial charge in [-0.3, -0.25) is 9.69 Å². The van der Waals surface area contributed by atoms with E-state index in [4.69, 9.17) is 14.8 Å². The number of unbranched alkanes of at least 4 members (excludes halogenated alkanes) is 1. The van der Waals surface area contributed by atoms with E-state index in [2.05, 4.69) is 11.8 Å². The zero-order valence-electron chi connectivity index (χ0n) is 18.5. The molecule has 8 heteroatoms. The standard InChI is InChI=1S/C25H25F2N3O3/c1-29(2)21-14-20(23-17(15-32)8-6-9-22(23)33-25(26)27)30-19-13-16(7-4-3-5-12-31)10-11-18(19)28-24(21)30/h6,8-11,13,15,20-21,25,31H,3,5,12,14H2,1-2H3. The van der Waals surface area contributed by atoms with Gasteiger partial charge in [-0.1, -0.05) is 24.0 Å². The highest BCUT2D eigenvalue weighted by Gasteiger charge is 2.38. The van der Waals surface area contributed by atoms with E-state index >= 15 is 0 Å². The SMILES string of the molecule is CN(C)C1CC(c2c(C=O)cccc2OC(F)F)n2c1nc1ccc(C#CCCCO)cc12. The van der Waals surface area contributed by atoms with Crippen LogP contribution < -0.4 is 4.74 Å². The Morgan fingerprint density at radius 1 is 1.33 bits per heavy atom. The average molecular weight is 453 g/mol. The summed E-state index contributed by atoms with van der Waals surface area (Å²) in [4.78, 5) is 18.7. The smallest absolute Gasteiger partial charge is 0.387 e. The quantitative estimate of drug-likeness (QED) is 0.330. The van der Waals surface area contributed by atoms with Crippen molar-refractivity contribution in [2.45, 2.75) is 38.0 Å². The lowest BCUT2D eigenvalue weighted by Gasteiger charge is -2.22. The second kappa shape index (κ2) is 9.69. The Morgan fingerprint density at radius 3 is 2.85 bits per heavy atom. The third kappa shape index (κ3) is 4.47. The fourth-order valence-corrected chi connectivity index (χ4v) is 4.41. The number of fused-ring (bicyclic) bond motifs is 3. The molecule has 172 valence electrons. The number of carbonyl (C=O) groups is 1. The molecular formula is C25H25F2N3O3. The predicted octanol–water partition coefficient (Wildman–Crippen LogP) is 4.17.